The number of alkyl carbamates (subject to hydrolysis) is 1. The van der Waals surface area contributed by atoms with Gasteiger partial charge in [-0.2, -0.15) is 0 Å². The molecular weight excluding hydrogens is 256 g/mol. The highest BCUT2D eigenvalue weighted by Gasteiger charge is 2.17. The summed E-state index contributed by atoms with van der Waals surface area (Å²) in [6, 6.07) is 0. The second-order valence-electron chi connectivity index (χ2n) is 4.68. The van der Waals surface area contributed by atoms with Gasteiger partial charge in [0.1, 0.15) is 15.5 Å². The summed E-state index contributed by atoms with van der Waals surface area (Å²) in [6.07, 6.45) is -0.549. The van der Waals surface area contributed by atoms with Crippen LogP contribution in [0.4, 0.5) is 4.79 Å². The zero-order chi connectivity index (χ0) is 13.9. The fourth-order valence-electron chi connectivity index (χ4n) is 1.19. The number of nitrogens with zero attached hydrogens (tertiary/aromatic N) is 1. The lowest BCUT2D eigenvalue weighted by Crippen LogP contribution is -2.32. The highest BCUT2D eigenvalue weighted by Crippen LogP contribution is 2.17. The normalized spacial score (nSPS) is 11.1. The molecule has 1 aromatic rings. The number of hydrogen-bond donors (Lipinski definition) is 2. The summed E-state index contributed by atoms with van der Waals surface area (Å²) in [5, 5.41) is 11.9. The van der Waals surface area contributed by atoms with Crippen LogP contribution in [0, 0.1) is 6.92 Å². The predicted octanol–water partition coefficient (Wildman–Crippen LogP) is 2.17. The Balaban J connectivity index is 2.57. The first kappa shape index (κ1) is 14.4. The van der Waals surface area contributed by atoms with Crippen molar-refractivity contribution in [3.63, 3.8) is 0 Å². The van der Waals surface area contributed by atoms with Gasteiger partial charge in [0.05, 0.1) is 12.2 Å². The molecule has 1 amide bonds. The van der Waals surface area contributed by atoms with E-state index in [1.807, 2.05) is 0 Å². The highest BCUT2D eigenvalue weighted by molar-refractivity contribution is 7.13. The van der Waals surface area contributed by atoms with Gasteiger partial charge in [-0.25, -0.2) is 14.6 Å². The molecule has 0 atom stereocenters. The Bertz CT molecular complexity index is 462. The number of aromatic carboxylic acids is 1. The van der Waals surface area contributed by atoms with Crippen molar-refractivity contribution in [2.45, 2.75) is 39.8 Å². The molecule has 0 spiro atoms. The maximum atomic E-state index is 11.4. The van der Waals surface area contributed by atoms with E-state index < -0.39 is 17.7 Å². The molecule has 6 nitrogen and oxygen atoms in total. The van der Waals surface area contributed by atoms with E-state index >= 15 is 0 Å². The maximum absolute atomic E-state index is 11.4. The monoisotopic (exact) mass is 272 g/mol. The van der Waals surface area contributed by atoms with Gasteiger partial charge in [-0.3, -0.25) is 0 Å². The molecule has 100 valence electrons. The number of thiazole rings is 1. The number of carboxylic acids is 1. The number of hydrogen-bond acceptors (Lipinski definition) is 5. The van der Waals surface area contributed by atoms with Crippen molar-refractivity contribution < 1.29 is 19.4 Å². The number of carbonyl (C=O) groups excluding carboxylic acids is 1. The van der Waals surface area contributed by atoms with Crippen LogP contribution in [0.2, 0.25) is 0 Å². The Hall–Kier alpha value is -1.63. The van der Waals surface area contributed by atoms with E-state index in [2.05, 4.69) is 10.3 Å². The average Bonchev–Trinajstić information content (AvgIpc) is 2.54. The minimum atomic E-state index is -1.01. The molecule has 0 radical (unpaired) electrons. The second kappa shape index (κ2) is 5.34. The van der Waals surface area contributed by atoms with Gasteiger partial charge in [-0.05, 0) is 27.7 Å². The lowest BCUT2D eigenvalue weighted by molar-refractivity contribution is 0.0523. The minimum absolute atomic E-state index is 0.160. The van der Waals surface area contributed by atoms with Crippen LogP contribution in [0.15, 0.2) is 0 Å². The molecule has 1 heterocycles. The summed E-state index contributed by atoms with van der Waals surface area (Å²) < 4.78 is 5.05. The molecule has 1 aromatic heterocycles. The number of amides is 1. The molecule has 0 bridgehead atoms. The summed E-state index contributed by atoms with van der Waals surface area (Å²) >= 11 is 1.05. The first-order chi connectivity index (χ1) is 8.19. The van der Waals surface area contributed by atoms with Crippen LogP contribution < -0.4 is 5.32 Å². The van der Waals surface area contributed by atoms with E-state index in [1.54, 1.807) is 27.7 Å². The molecule has 0 saturated carbocycles. The average molecular weight is 272 g/mol. The molecule has 0 unspecified atom stereocenters. The lowest BCUT2D eigenvalue weighted by atomic mass is 10.2. The zero-order valence-corrected chi connectivity index (χ0v) is 11.6. The summed E-state index contributed by atoms with van der Waals surface area (Å²) in [6.45, 7) is 7.08. The fraction of sp³-hybridized carbons (Fsp3) is 0.545. The Morgan fingerprint density at radius 2 is 2.06 bits per heavy atom. The van der Waals surface area contributed by atoms with Crippen LogP contribution in [0.25, 0.3) is 0 Å². The molecule has 7 heteroatoms. The van der Waals surface area contributed by atoms with Gasteiger partial charge in [0.2, 0.25) is 0 Å². The van der Waals surface area contributed by atoms with Gasteiger partial charge < -0.3 is 15.2 Å². The van der Waals surface area contributed by atoms with E-state index in [0.717, 1.165) is 11.3 Å². The Morgan fingerprint density at radius 3 is 2.50 bits per heavy atom. The topological polar surface area (TPSA) is 88.5 Å². The molecular formula is C11H16N2O4S. The van der Waals surface area contributed by atoms with Crippen molar-refractivity contribution in [2.24, 2.45) is 0 Å². The maximum Gasteiger partial charge on any atom is 0.408 e. The number of aryl methyl sites for hydroxylation is 1. The van der Waals surface area contributed by atoms with Gasteiger partial charge >= 0.3 is 12.1 Å². The third-order valence-electron chi connectivity index (χ3n) is 1.82. The number of ether oxygens (including phenoxy) is 1. The third kappa shape index (κ3) is 4.33. The molecule has 0 aliphatic rings. The molecule has 0 fully saturated rings. The van der Waals surface area contributed by atoms with E-state index in [1.165, 1.54) is 0 Å². The van der Waals surface area contributed by atoms with Gasteiger partial charge in [-0.15, -0.1) is 11.3 Å². The van der Waals surface area contributed by atoms with Crippen molar-refractivity contribution >= 4 is 23.4 Å². The van der Waals surface area contributed by atoms with Crippen LogP contribution in [-0.4, -0.2) is 27.8 Å². The second-order valence-corrected chi connectivity index (χ2v) is 5.77. The summed E-state index contributed by atoms with van der Waals surface area (Å²) in [5.41, 5.74) is -0.108. The minimum Gasteiger partial charge on any atom is -0.477 e. The number of carboxylic acid groups (broad SMARTS) is 1. The van der Waals surface area contributed by atoms with Crippen LogP contribution in [-0.2, 0) is 11.3 Å². The number of aromatic nitrogens is 1. The Kier molecular flexibility index (Phi) is 4.28. The summed E-state index contributed by atoms with van der Waals surface area (Å²) in [7, 11) is 0. The zero-order valence-electron chi connectivity index (χ0n) is 10.7. The van der Waals surface area contributed by atoms with Crippen LogP contribution in [0.5, 0.6) is 0 Å². The number of carbonyl (C=O) groups is 2. The van der Waals surface area contributed by atoms with Gasteiger partial charge in [0.15, 0.2) is 0 Å². The van der Waals surface area contributed by atoms with Gasteiger partial charge in [0, 0.05) is 0 Å². The Morgan fingerprint density at radius 1 is 1.44 bits per heavy atom. The fourth-order valence-corrected chi connectivity index (χ4v) is 2.03. The van der Waals surface area contributed by atoms with Gasteiger partial charge in [-0.1, -0.05) is 0 Å². The van der Waals surface area contributed by atoms with Crippen molar-refractivity contribution in [3.05, 3.63) is 15.6 Å². The first-order valence-electron chi connectivity index (χ1n) is 5.35. The van der Waals surface area contributed by atoms with Crippen molar-refractivity contribution in [1.82, 2.24) is 10.3 Å². The quantitative estimate of drug-likeness (QED) is 0.880. The third-order valence-corrected chi connectivity index (χ3v) is 2.96. The van der Waals surface area contributed by atoms with E-state index in [-0.39, 0.29) is 11.4 Å². The van der Waals surface area contributed by atoms with Crippen molar-refractivity contribution in [3.8, 4) is 0 Å². The first-order valence-corrected chi connectivity index (χ1v) is 6.17. The SMILES string of the molecule is Cc1nc(CNC(=O)OC(C)(C)C)sc1C(=O)O. The predicted molar refractivity (Wildman–Crippen MR) is 66.9 cm³/mol. The number of rotatable bonds is 3. The van der Waals surface area contributed by atoms with E-state index in [0.29, 0.717) is 10.7 Å². The molecule has 0 aliphatic heterocycles. The summed E-state index contributed by atoms with van der Waals surface area (Å²) in [4.78, 5) is 26.5. The van der Waals surface area contributed by atoms with Crippen molar-refractivity contribution in [1.29, 1.82) is 0 Å². The highest BCUT2D eigenvalue weighted by atomic mass is 32.1. The smallest absolute Gasteiger partial charge is 0.408 e. The molecule has 0 saturated heterocycles. The Labute approximate surface area is 109 Å². The largest absolute Gasteiger partial charge is 0.477 e. The van der Waals surface area contributed by atoms with Crippen LogP contribution in [0.3, 0.4) is 0 Å². The van der Waals surface area contributed by atoms with Crippen LogP contribution >= 0.6 is 11.3 Å². The molecule has 2 N–H and O–H groups in total. The van der Waals surface area contributed by atoms with Crippen LogP contribution in [0.1, 0.15) is 41.1 Å². The standard InChI is InChI=1S/C11H16N2O4S/c1-6-8(9(14)15)18-7(13-6)5-12-10(16)17-11(2,3)4/h5H2,1-4H3,(H,12,16)(H,14,15). The molecule has 18 heavy (non-hydrogen) atoms. The van der Waals surface area contributed by atoms with Crippen molar-refractivity contribution in [2.75, 3.05) is 0 Å². The number of nitrogens with one attached hydrogen (secondary N) is 1. The molecule has 0 aromatic carbocycles. The molecule has 1 rings (SSSR count). The van der Waals surface area contributed by atoms with E-state index in [9.17, 15) is 9.59 Å². The van der Waals surface area contributed by atoms with E-state index in [4.69, 9.17) is 9.84 Å². The lowest BCUT2D eigenvalue weighted by Gasteiger charge is -2.19. The summed E-state index contributed by atoms with van der Waals surface area (Å²) in [5.74, 6) is -1.01. The van der Waals surface area contributed by atoms with Gasteiger partial charge in [0.25, 0.3) is 0 Å². The molecule has 0 aliphatic carbocycles.